The predicted molar refractivity (Wildman–Crippen MR) is 96.3 cm³/mol. The number of H-pyrrole nitrogens is 1. The van der Waals surface area contributed by atoms with E-state index in [2.05, 4.69) is 38.5 Å². The molecule has 0 radical (unpaired) electrons. The molecule has 0 aliphatic carbocycles. The minimum Gasteiger partial charge on any atom is -0.493 e. The number of methoxy groups -OCH3 is 1. The molecule has 0 amide bonds. The summed E-state index contributed by atoms with van der Waals surface area (Å²) in [5.74, 6) is 2.31. The van der Waals surface area contributed by atoms with Crippen LogP contribution in [0.3, 0.4) is 0 Å². The van der Waals surface area contributed by atoms with Gasteiger partial charge in [0.2, 0.25) is 4.77 Å². The van der Waals surface area contributed by atoms with Crippen molar-refractivity contribution in [2.24, 2.45) is 0 Å². The number of benzene rings is 1. The highest BCUT2D eigenvalue weighted by Gasteiger charge is 2.15. The average Bonchev–Trinajstić information content (AvgIpc) is 2.88. The summed E-state index contributed by atoms with van der Waals surface area (Å²) < 4.78 is 14.5. The van der Waals surface area contributed by atoms with Crippen LogP contribution in [0.4, 0.5) is 0 Å². The van der Waals surface area contributed by atoms with E-state index in [4.69, 9.17) is 21.7 Å². The van der Waals surface area contributed by atoms with Crippen molar-refractivity contribution in [3.8, 4) is 11.5 Å². The molecule has 6 nitrogen and oxygen atoms in total. The van der Waals surface area contributed by atoms with Crippen LogP contribution in [0.15, 0.2) is 16.6 Å². The van der Waals surface area contributed by atoms with Crippen molar-refractivity contribution >= 4 is 28.1 Å². The zero-order valence-electron chi connectivity index (χ0n) is 13.5. The summed E-state index contributed by atoms with van der Waals surface area (Å²) in [7, 11) is 1.63. The second-order valence-corrected chi connectivity index (χ2v) is 6.10. The minimum atomic E-state index is 0.525. The van der Waals surface area contributed by atoms with E-state index in [0.29, 0.717) is 23.7 Å². The third-order valence-electron chi connectivity index (χ3n) is 3.31. The van der Waals surface area contributed by atoms with E-state index in [-0.39, 0.29) is 0 Å². The molecule has 23 heavy (non-hydrogen) atoms. The van der Waals surface area contributed by atoms with E-state index in [9.17, 15) is 0 Å². The van der Waals surface area contributed by atoms with Crippen LogP contribution in [-0.4, -0.2) is 28.6 Å². The van der Waals surface area contributed by atoms with Crippen molar-refractivity contribution in [1.29, 1.82) is 0 Å². The normalized spacial score (nSPS) is 10.6. The first-order valence-corrected chi connectivity index (χ1v) is 8.70. The van der Waals surface area contributed by atoms with Crippen LogP contribution in [0, 0.1) is 4.77 Å². The molecular formula is C15H21BrN4O2S. The van der Waals surface area contributed by atoms with E-state index >= 15 is 0 Å². The second-order valence-electron chi connectivity index (χ2n) is 4.86. The quantitative estimate of drug-likeness (QED) is 0.659. The molecule has 0 aliphatic heterocycles. The number of rotatable bonds is 8. The number of hydrogen-bond donors (Lipinski definition) is 2. The zero-order valence-corrected chi connectivity index (χ0v) is 15.9. The summed E-state index contributed by atoms with van der Waals surface area (Å²) in [6, 6.07) is 3.82. The van der Waals surface area contributed by atoms with E-state index < -0.39 is 0 Å². The maximum absolute atomic E-state index is 5.76. The highest BCUT2D eigenvalue weighted by molar-refractivity contribution is 9.10. The Morgan fingerprint density at radius 1 is 1.39 bits per heavy atom. The lowest BCUT2D eigenvalue weighted by Gasteiger charge is -2.17. The van der Waals surface area contributed by atoms with Gasteiger partial charge in [-0.15, -0.1) is 0 Å². The van der Waals surface area contributed by atoms with Crippen LogP contribution in [0.1, 0.15) is 31.7 Å². The minimum absolute atomic E-state index is 0.525. The molecule has 0 unspecified atom stereocenters. The smallest absolute Gasteiger partial charge is 0.214 e. The van der Waals surface area contributed by atoms with Gasteiger partial charge >= 0.3 is 0 Å². The maximum atomic E-state index is 5.76. The van der Waals surface area contributed by atoms with Crippen LogP contribution in [0.5, 0.6) is 11.5 Å². The van der Waals surface area contributed by atoms with Gasteiger partial charge in [0.05, 0.1) is 20.3 Å². The molecule has 0 spiro atoms. The Bertz CT molecular complexity index is 714. The molecule has 0 bridgehead atoms. The lowest BCUT2D eigenvalue weighted by Crippen LogP contribution is -2.18. The van der Waals surface area contributed by atoms with Gasteiger partial charge < -0.3 is 14.9 Å². The number of aromatic amines is 1. The van der Waals surface area contributed by atoms with Gasteiger partial charge in [-0.2, -0.15) is 5.10 Å². The molecule has 8 heteroatoms. The Hall–Kier alpha value is -1.54. The Kier molecular flexibility index (Phi) is 6.47. The molecule has 2 aromatic rings. The number of ether oxygens (including phenoxy) is 2. The molecule has 126 valence electrons. The average molecular weight is 401 g/mol. The van der Waals surface area contributed by atoms with Crippen molar-refractivity contribution in [3.05, 3.63) is 32.8 Å². The molecule has 0 atom stereocenters. The zero-order chi connectivity index (χ0) is 16.8. The Balaban J connectivity index is 2.30. The van der Waals surface area contributed by atoms with E-state index in [1.54, 1.807) is 11.8 Å². The topological polar surface area (TPSA) is 64.1 Å². The second kappa shape index (κ2) is 8.35. The Morgan fingerprint density at radius 2 is 2.17 bits per heavy atom. The molecular weight excluding hydrogens is 380 g/mol. The third-order valence-corrected chi connectivity index (χ3v) is 4.32. The fourth-order valence-corrected chi connectivity index (χ4v) is 2.92. The summed E-state index contributed by atoms with van der Waals surface area (Å²) >= 11 is 8.86. The van der Waals surface area contributed by atoms with Crippen LogP contribution >= 0.6 is 28.1 Å². The van der Waals surface area contributed by atoms with Crippen molar-refractivity contribution in [2.75, 3.05) is 19.1 Å². The number of nitrogens with one attached hydrogen (secondary N) is 2. The first-order chi connectivity index (χ1) is 11.1. The Morgan fingerprint density at radius 3 is 2.83 bits per heavy atom. The van der Waals surface area contributed by atoms with Crippen LogP contribution in [0.25, 0.3) is 0 Å². The highest BCUT2D eigenvalue weighted by Crippen LogP contribution is 2.36. The number of nitrogens with zero attached hydrogens (tertiary/aromatic N) is 2. The first kappa shape index (κ1) is 17.8. The Labute approximate surface area is 149 Å². The van der Waals surface area contributed by atoms with Gasteiger partial charge in [0, 0.05) is 16.5 Å². The molecule has 2 rings (SSSR count). The number of aromatic nitrogens is 3. The summed E-state index contributed by atoms with van der Waals surface area (Å²) in [6.45, 7) is 5.14. The van der Waals surface area contributed by atoms with Gasteiger partial charge in [-0.3, -0.25) is 5.10 Å². The third kappa shape index (κ3) is 4.06. The number of halogens is 1. The van der Waals surface area contributed by atoms with Crippen molar-refractivity contribution in [1.82, 2.24) is 14.9 Å². The molecule has 0 saturated heterocycles. The first-order valence-electron chi connectivity index (χ1n) is 7.50. The lowest BCUT2D eigenvalue weighted by molar-refractivity contribution is 0.307. The summed E-state index contributed by atoms with van der Waals surface area (Å²) in [5.41, 5.74) is 4.28. The van der Waals surface area contributed by atoms with Crippen LogP contribution in [-0.2, 0) is 13.0 Å². The van der Waals surface area contributed by atoms with Crippen molar-refractivity contribution in [2.45, 2.75) is 33.2 Å². The fourth-order valence-electron chi connectivity index (χ4n) is 2.25. The molecule has 1 aromatic heterocycles. The highest BCUT2D eigenvalue weighted by atomic mass is 79.9. The van der Waals surface area contributed by atoms with E-state index in [0.717, 1.165) is 34.5 Å². The van der Waals surface area contributed by atoms with Gasteiger partial charge in [-0.1, -0.05) is 22.9 Å². The summed E-state index contributed by atoms with van der Waals surface area (Å²) in [4.78, 5) is 0. The van der Waals surface area contributed by atoms with E-state index in [1.165, 1.54) is 0 Å². The lowest BCUT2D eigenvalue weighted by atomic mass is 10.2. The molecule has 1 heterocycles. The summed E-state index contributed by atoms with van der Waals surface area (Å²) in [6.07, 6.45) is 1.84. The fraction of sp³-hybridized carbons (Fsp3) is 0.467. The molecule has 2 N–H and O–H groups in total. The number of hydrogen-bond acceptors (Lipinski definition) is 5. The van der Waals surface area contributed by atoms with E-state index in [1.807, 2.05) is 19.1 Å². The van der Waals surface area contributed by atoms with Crippen LogP contribution < -0.4 is 14.9 Å². The van der Waals surface area contributed by atoms with Gasteiger partial charge in [0.25, 0.3) is 0 Å². The van der Waals surface area contributed by atoms with Gasteiger partial charge in [0.15, 0.2) is 17.3 Å². The van der Waals surface area contributed by atoms with Crippen LogP contribution in [0.2, 0.25) is 0 Å². The van der Waals surface area contributed by atoms with Gasteiger partial charge in [-0.25, -0.2) is 4.68 Å². The molecule has 0 aliphatic rings. The van der Waals surface area contributed by atoms with Crippen molar-refractivity contribution in [3.63, 3.8) is 0 Å². The maximum Gasteiger partial charge on any atom is 0.214 e. The summed E-state index contributed by atoms with van der Waals surface area (Å²) in [5, 5.41) is 7.07. The molecule has 0 saturated carbocycles. The largest absolute Gasteiger partial charge is 0.493 e. The molecule has 1 aromatic carbocycles. The molecule has 0 fully saturated rings. The number of aryl methyl sites for hydroxylation is 1. The standard InChI is InChI=1S/C15H21BrN4O2S/c1-4-6-13-18-19-15(23)20(13)17-9-10-11(16)7-8-12(21-3)14(10)22-5-2/h7-8,17H,4-6,9H2,1-3H3,(H,19,23). The monoisotopic (exact) mass is 400 g/mol. The van der Waals surface area contributed by atoms with Gasteiger partial charge in [-0.05, 0) is 37.7 Å². The van der Waals surface area contributed by atoms with Crippen molar-refractivity contribution < 1.29 is 9.47 Å². The van der Waals surface area contributed by atoms with Gasteiger partial charge in [0.1, 0.15) is 0 Å². The SMILES string of the molecule is CCCc1n[nH]c(=S)n1NCc1c(Br)ccc(OC)c1OCC. The predicted octanol–water partition coefficient (Wildman–Crippen LogP) is 3.81.